The van der Waals surface area contributed by atoms with Gasteiger partial charge in [-0.3, -0.25) is 9.69 Å². The lowest BCUT2D eigenvalue weighted by Crippen LogP contribution is -2.50. The minimum atomic E-state index is -4.46. The van der Waals surface area contributed by atoms with Crippen molar-refractivity contribution in [2.75, 3.05) is 37.6 Å². The number of halogens is 4. The average molecular weight is 391 g/mol. The Morgan fingerprint density at radius 1 is 1.35 bits per heavy atom. The van der Waals surface area contributed by atoms with Crippen LogP contribution in [-0.4, -0.2) is 54.6 Å². The average Bonchev–Trinajstić information content (AvgIpc) is 3.39. The first-order chi connectivity index (χ1) is 12.2. The summed E-state index contributed by atoms with van der Waals surface area (Å²) in [5, 5.41) is 3.02. The zero-order valence-corrected chi connectivity index (χ0v) is 15.3. The fraction of sp³-hybridized carbons (Fsp3) is 0.647. The Bertz CT molecular complexity index is 658. The molecular weight excluding hydrogens is 369 g/mol. The van der Waals surface area contributed by atoms with Crippen LogP contribution >= 0.6 is 11.6 Å². The van der Waals surface area contributed by atoms with Crippen LogP contribution in [0.4, 0.5) is 19.0 Å². The van der Waals surface area contributed by atoms with E-state index in [1.165, 1.54) is 12.8 Å². The third-order valence-corrected chi connectivity index (χ3v) is 5.18. The van der Waals surface area contributed by atoms with Crippen molar-refractivity contribution in [3.05, 3.63) is 22.8 Å². The van der Waals surface area contributed by atoms with E-state index >= 15 is 0 Å². The van der Waals surface area contributed by atoms with Crippen molar-refractivity contribution in [2.24, 2.45) is 5.92 Å². The molecule has 1 saturated carbocycles. The molecule has 5 nitrogen and oxygen atoms in total. The summed E-state index contributed by atoms with van der Waals surface area (Å²) in [6.07, 6.45) is -1.29. The Morgan fingerprint density at radius 2 is 2.00 bits per heavy atom. The van der Waals surface area contributed by atoms with Crippen molar-refractivity contribution >= 4 is 23.3 Å². The van der Waals surface area contributed by atoms with Crippen molar-refractivity contribution in [3.63, 3.8) is 0 Å². The second kappa shape index (κ2) is 7.60. The first kappa shape index (κ1) is 19.2. The van der Waals surface area contributed by atoms with Crippen LogP contribution in [0.5, 0.6) is 0 Å². The molecule has 1 aromatic heterocycles. The fourth-order valence-electron chi connectivity index (χ4n) is 3.15. The van der Waals surface area contributed by atoms with E-state index in [1.807, 2.05) is 16.7 Å². The minimum absolute atomic E-state index is 0.00993. The van der Waals surface area contributed by atoms with Gasteiger partial charge in [0.05, 0.1) is 17.1 Å². The molecule has 1 amide bonds. The van der Waals surface area contributed by atoms with Crippen LogP contribution in [-0.2, 0) is 11.0 Å². The lowest BCUT2D eigenvalue weighted by atomic mass is 10.2. The topological polar surface area (TPSA) is 48.5 Å². The van der Waals surface area contributed by atoms with Crippen molar-refractivity contribution in [3.8, 4) is 0 Å². The molecule has 0 aromatic carbocycles. The predicted molar refractivity (Wildman–Crippen MR) is 93.2 cm³/mol. The van der Waals surface area contributed by atoms with Crippen molar-refractivity contribution in [1.82, 2.24) is 15.2 Å². The number of alkyl halides is 3. The summed E-state index contributed by atoms with van der Waals surface area (Å²) in [6, 6.07) is 1.13. The maximum absolute atomic E-state index is 12.7. The summed E-state index contributed by atoms with van der Waals surface area (Å²) in [5.74, 6) is 0.985. The van der Waals surface area contributed by atoms with Crippen LogP contribution in [0, 0.1) is 5.92 Å². The van der Waals surface area contributed by atoms with Crippen LogP contribution < -0.4 is 10.2 Å². The molecule has 0 unspecified atom stereocenters. The molecule has 9 heteroatoms. The van der Waals surface area contributed by atoms with Gasteiger partial charge in [0.1, 0.15) is 5.82 Å². The highest BCUT2D eigenvalue weighted by atomic mass is 35.5. The third kappa shape index (κ3) is 4.79. The maximum Gasteiger partial charge on any atom is 0.417 e. The highest BCUT2D eigenvalue weighted by Crippen LogP contribution is 2.34. The largest absolute Gasteiger partial charge is 0.417 e. The van der Waals surface area contributed by atoms with Gasteiger partial charge in [0.2, 0.25) is 5.91 Å². The first-order valence-corrected chi connectivity index (χ1v) is 9.11. The van der Waals surface area contributed by atoms with E-state index in [2.05, 4.69) is 10.3 Å². The molecule has 1 aromatic rings. The van der Waals surface area contributed by atoms with Crippen molar-refractivity contribution in [2.45, 2.75) is 32.0 Å². The van der Waals surface area contributed by atoms with Gasteiger partial charge in [-0.25, -0.2) is 4.98 Å². The molecule has 1 aliphatic heterocycles. The Labute approximate surface area is 155 Å². The Hall–Kier alpha value is -1.54. The molecule has 3 rings (SSSR count). The summed E-state index contributed by atoms with van der Waals surface area (Å²) < 4.78 is 38.1. The number of nitrogens with zero attached hydrogens (tertiary/aromatic N) is 3. The molecule has 26 heavy (non-hydrogen) atoms. The molecule has 1 atom stereocenters. The number of carbonyl (C=O) groups excluding carboxylic acids is 1. The highest BCUT2D eigenvalue weighted by Gasteiger charge is 2.33. The summed E-state index contributed by atoms with van der Waals surface area (Å²) in [5.41, 5.74) is -0.855. The number of pyridine rings is 1. The molecule has 1 aliphatic carbocycles. The number of rotatable bonds is 5. The van der Waals surface area contributed by atoms with Gasteiger partial charge in [-0.15, -0.1) is 0 Å². The number of carbonyl (C=O) groups is 1. The normalized spacial score (nSPS) is 20.1. The second-order valence-electron chi connectivity index (χ2n) is 6.98. The standard InChI is InChI=1S/C17H22ClF3N4O/c1-11(12-2-3-12)23-15(26)10-24-4-6-25(7-5-24)16-14(18)8-13(9-22-16)17(19,20)21/h8-9,11-12H,2-7,10H2,1H3,(H,23,26)/t11-/m0/s1. The molecule has 2 fully saturated rings. The van der Waals surface area contributed by atoms with E-state index in [9.17, 15) is 18.0 Å². The molecule has 0 bridgehead atoms. The van der Waals surface area contributed by atoms with Gasteiger partial charge in [-0.05, 0) is 31.7 Å². The predicted octanol–water partition coefficient (Wildman–Crippen LogP) is 2.79. The molecule has 0 spiro atoms. The third-order valence-electron chi connectivity index (χ3n) is 4.91. The lowest BCUT2D eigenvalue weighted by molar-refractivity contribution is -0.137. The molecule has 2 heterocycles. The van der Waals surface area contributed by atoms with Crippen LogP contribution in [0.15, 0.2) is 12.3 Å². The number of nitrogens with one attached hydrogen (secondary N) is 1. The molecule has 1 N–H and O–H groups in total. The van der Waals surface area contributed by atoms with Gasteiger partial charge < -0.3 is 10.2 Å². The van der Waals surface area contributed by atoms with E-state index in [0.717, 1.165) is 12.3 Å². The molecule has 144 valence electrons. The van der Waals surface area contributed by atoms with Crippen molar-refractivity contribution in [1.29, 1.82) is 0 Å². The summed E-state index contributed by atoms with van der Waals surface area (Å²) in [7, 11) is 0. The number of hydrogen-bond donors (Lipinski definition) is 1. The van der Waals surface area contributed by atoms with Gasteiger partial charge in [-0.1, -0.05) is 11.6 Å². The number of amides is 1. The Morgan fingerprint density at radius 3 is 2.54 bits per heavy atom. The SMILES string of the molecule is C[C@H](NC(=O)CN1CCN(c2ncc(C(F)(F)F)cc2Cl)CC1)C1CC1. The van der Waals surface area contributed by atoms with Crippen LogP contribution in [0.25, 0.3) is 0 Å². The van der Waals surface area contributed by atoms with Gasteiger partial charge in [-0.2, -0.15) is 13.2 Å². The van der Waals surface area contributed by atoms with Crippen molar-refractivity contribution < 1.29 is 18.0 Å². The van der Waals surface area contributed by atoms with Gasteiger partial charge in [0.15, 0.2) is 0 Å². The summed E-state index contributed by atoms with van der Waals surface area (Å²) in [4.78, 5) is 19.9. The van der Waals surface area contributed by atoms with Gasteiger partial charge >= 0.3 is 6.18 Å². The molecular formula is C17H22ClF3N4O. The number of aromatic nitrogens is 1. The van der Waals surface area contributed by atoms with Crippen LogP contribution in [0.3, 0.4) is 0 Å². The second-order valence-corrected chi connectivity index (χ2v) is 7.39. The van der Waals surface area contributed by atoms with Crippen LogP contribution in [0.1, 0.15) is 25.3 Å². The maximum atomic E-state index is 12.7. The van der Waals surface area contributed by atoms with Gasteiger partial charge in [0, 0.05) is 38.4 Å². The Balaban J connectivity index is 1.51. The smallest absolute Gasteiger partial charge is 0.353 e. The molecule has 2 aliphatic rings. The highest BCUT2D eigenvalue weighted by molar-refractivity contribution is 6.33. The van der Waals surface area contributed by atoms with E-state index in [4.69, 9.17) is 11.6 Å². The monoisotopic (exact) mass is 390 g/mol. The van der Waals surface area contributed by atoms with E-state index in [1.54, 1.807) is 0 Å². The van der Waals surface area contributed by atoms with E-state index < -0.39 is 11.7 Å². The van der Waals surface area contributed by atoms with E-state index in [0.29, 0.717) is 44.5 Å². The first-order valence-electron chi connectivity index (χ1n) is 8.73. The number of hydrogen-bond acceptors (Lipinski definition) is 4. The zero-order valence-electron chi connectivity index (χ0n) is 14.5. The number of piperazine rings is 1. The quantitative estimate of drug-likeness (QED) is 0.840. The zero-order chi connectivity index (χ0) is 18.9. The summed E-state index contributed by atoms with van der Waals surface area (Å²) in [6.45, 7) is 4.74. The van der Waals surface area contributed by atoms with Crippen LogP contribution in [0.2, 0.25) is 5.02 Å². The van der Waals surface area contributed by atoms with Gasteiger partial charge in [0.25, 0.3) is 0 Å². The molecule has 1 saturated heterocycles. The molecule has 0 radical (unpaired) electrons. The lowest BCUT2D eigenvalue weighted by Gasteiger charge is -2.35. The number of anilines is 1. The van der Waals surface area contributed by atoms with E-state index in [-0.39, 0.29) is 17.0 Å². The fourth-order valence-corrected chi connectivity index (χ4v) is 3.44. The minimum Gasteiger partial charge on any atom is -0.353 e. The summed E-state index contributed by atoms with van der Waals surface area (Å²) >= 11 is 6.00. The Kier molecular flexibility index (Phi) is 5.62.